The number of benzene rings is 2. The molecule has 0 bridgehead atoms. The topological polar surface area (TPSA) is 92.8 Å². The predicted molar refractivity (Wildman–Crippen MR) is 113 cm³/mol. The van der Waals surface area contributed by atoms with E-state index in [1.54, 1.807) is 36.4 Å². The molecule has 1 atom stereocenters. The van der Waals surface area contributed by atoms with Crippen LogP contribution in [0.4, 0.5) is 11.4 Å². The zero-order chi connectivity index (χ0) is 21.0. The van der Waals surface area contributed by atoms with E-state index in [0.717, 1.165) is 4.90 Å². The number of anilines is 2. The van der Waals surface area contributed by atoms with Crippen LogP contribution in [0.3, 0.4) is 0 Å². The minimum Gasteiger partial charge on any atom is -0.469 e. The molecule has 1 heterocycles. The zero-order valence-corrected chi connectivity index (χ0v) is 17.8. The SMILES string of the molecule is COC(=O)CCN(c1ccccc1)S(=O)(=O)c1ccc2c(c1)NC(=O)C[C@@H](C)S2. The van der Waals surface area contributed by atoms with Gasteiger partial charge in [0.2, 0.25) is 5.91 Å². The van der Waals surface area contributed by atoms with Crippen molar-refractivity contribution in [3.8, 4) is 0 Å². The molecular weight excluding hydrogens is 412 g/mol. The van der Waals surface area contributed by atoms with Crippen molar-refractivity contribution in [2.75, 3.05) is 23.3 Å². The number of thioether (sulfide) groups is 1. The van der Waals surface area contributed by atoms with Crippen LogP contribution in [0.5, 0.6) is 0 Å². The third-order valence-electron chi connectivity index (χ3n) is 4.40. The fraction of sp³-hybridized carbons (Fsp3) is 0.300. The van der Waals surface area contributed by atoms with Crippen molar-refractivity contribution in [1.82, 2.24) is 0 Å². The number of hydrogen-bond acceptors (Lipinski definition) is 6. The number of fused-ring (bicyclic) bond motifs is 1. The molecule has 0 saturated carbocycles. The molecule has 7 nitrogen and oxygen atoms in total. The van der Waals surface area contributed by atoms with Crippen LogP contribution in [0.25, 0.3) is 0 Å². The number of hydrogen-bond donors (Lipinski definition) is 1. The van der Waals surface area contributed by atoms with Gasteiger partial charge < -0.3 is 10.1 Å². The summed E-state index contributed by atoms with van der Waals surface area (Å²) >= 11 is 1.52. The van der Waals surface area contributed by atoms with Gasteiger partial charge in [0.25, 0.3) is 10.0 Å². The summed E-state index contributed by atoms with van der Waals surface area (Å²) in [5.41, 5.74) is 0.921. The Bertz CT molecular complexity index is 1010. The highest BCUT2D eigenvalue weighted by atomic mass is 32.2. The second-order valence-corrected chi connectivity index (χ2v) is 9.92. The highest BCUT2D eigenvalue weighted by Gasteiger charge is 2.28. The van der Waals surface area contributed by atoms with E-state index < -0.39 is 16.0 Å². The van der Waals surface area contributed by atoms with Gasteiger partial charge in [-0.15, -0.1) is 11.8 Å². The van der Waals surface area contributed by atoms with E-state index in [1.165, 1.54) is 35.3 Å². The second-order valence-electron chi connectivity index (χ2n) is 6.58. The number of esters is 1. The van der Waals surface area contributed by atoms with Gasteiger partial charge in [-0.1, -0.05) is 25.1 Å². The normalized spacial score (nSPS) is 16.3. The van der Waals surface area contributed by atoms with Crippen LogP contribution in [-0.2, 0) is 24.3 Å². The van der Waals surface area contributed by atoms with Gasteiger partial charge in [0.15, 0.2) is 0 Å². The number of amides is 1. The molecular formula is C20H22N2O5S2. The van der Waals surface area contributed by atoms with Crippen LogP contribution in [0.15, 0.2) is 58.3 Å². The van der Waals surface area contributed by atoms with Crippen molar-refractivity contribution >= 4 is 45.0 Å². The Morgan fingerprint density at radius 1 is 1.24 bits per heavy atom. The lowest BCUT2D eigenvalue weighted by Gasteiger charge is -2.24. The van der Waals surface area contributed by atoms with Crippen molar-refractivity contribution in [2.24, 2.45) is 0 Å². The number of carbonyl (C=O) groups excluding carboxylic acids is 2. The van der Waals surface area contributed by atoms with Gasteiger partial charge in [-0.2, -0.15) is 0 Å². The molecule has 0 saturated heterocycles. The summed E-state index contributed by atoms with van der Waals surface area (Å²) in [5, 5.41) is 2.88. The van der Waals surface area contributed by atoms with Gasteiger partial charge in [-0.25, -0.2) is 8.42 Å². The molecule has 0 fully saturated rings. The Labute approximate surface area is 174 Å². The number of para-hydroxylation sites is 1. The summed E-state index contributed by atoms with van der Waals surface area (Å²) in [6, 6.07) is 13.3. The lowest BCUT2D eigenvalue weighted by Crippen LogP contribution is -2.33. The summed E-state index contributed by atoms with van der Waals surface area (Å²) in [6.07, 6.45) is 0.274. The van der Waals surface area contributed by atoms with E-state index in [2.05, 4.69) is 10.1 Å². The van der Waals surface area contributed by atoms with Crippen molar-refractivity contribution in [3.05, 3.63) is 48.5 Å². The Morgan fingerprint density at radius 3 is 2.66 bits per heavy atom. The molecule has 0 aromatic heterocycles. The molecule has 1 aliphatic rings. The molecule has 0 radical (unpaired) electrons. The molecule has 1 aliphatic heterocycles. The fourth-order valence-electron chi connectivity index (χ4n) is 3.00. The number of nitrogens with one attached hydrogen (secondary N) is 1. The molecule has 0 spiro atoms. The van der Waals surface area contributed by atoms with Crippen molar-refractivity contribution in [1.29, 1.82) is 0 Å². The van der Waals surface area contributed by atoms with Gasteiger partial charge in [0, 0.05) is 23.1 Å². The first-order chi connectivity index (χ1) is 13.8. The van der Waals surface area contributed by atoms with Crippen LogP contribution in [0, 0.1) is 0 Å². The average Bonchev–Trinajstić information content (AvgIpc) is 2.84. The zero-order valence-electron chi connectivity index (χ0n) is 16.1. The second kappa shape index (κ2) is 8.87. The Kier molecular flexibility index (Phi) is 6.49. The third kappa shape index (κ3) is 4.91. The summed E-state index contributed by atoms with van der Waals surface area (Å²) in [5.74, 6) is -0.649. The summed E-state index contributed by atoms with van der Waals surface area (Å²) in [6.45, 7) is 1.89. The lowest BCUT2D eigenvalue weighted by atomic mass is 10.3. The van der Waals surface area contributed by atoms with Crippen LogP contribution >= 0.6 is 11.8 Å². The minimum absolute atomic E-state index is 0.0421. The lowest BCUT2D eigenvalue weighted by molar-refractivity contribution is -0.140. The van der Waals surface area contributed by atoms with Crippen molar-refractivity contribution in [2.45, 2.75) is 34.8 Å². The maximum atomic E-state index is 13.4. The van der Waals surface area contributed by atoms with Gasteiger partial charge in [0.05, 0.1) is 29.8 Å². The summed E-state index contributed by atoms with van der Waals surface area (Å²) < 4.78 is 32.6. The number of nitrogens with zero attached hydrogens (tertiary/aromatic N) is 1. The Balaban J connectivity index is 1.99. The quantitative estimate of drug-likeness (QED) is 0.702. The van der Waals surface area contributed by atoms with Crippen LogP contribution < -0.4 is 9.62 Å². The van der Waals surface area contributed by atoms with Gasteiger partial charge in [-0.3, -0.25) is 13.9 Å². The minimum atomic E-state index is -3.97. The summed E-state index contributed by atoms with van der Waals surface area (Å²) in [4.78, 5) is 24.5. The number of sulfonamides is 1. The molecule has 3 rings (SSSR count). The number of carbonyl (C=O) groups is 2. The molecule has 0 aliphatic carbocycles. The monoisotopic (exact) mass is 434 g/mol. The van der Waals surface area contributed by atoms with Gasteiger partial charge >= 0.3 is 5.97 Å². The largest absolute Gasteiger partial charge is 0.469 e. The third-order valence-corrected chi connectivity index (χ3v) is 7.41. The molecule has 2 aromatic carbocycles. The van der Waals surface area contributed by atoms with E-state index in [-0.39, 0.29) is 29.0 Å². The van der Waals surface area contributed by atoms with E-state index in [9.17, 15) is 18.0 Å². The van der Waals surface area contributed by atoms with Crippen LogP contribution in [0.1, 0.15) is 19.8 Å². The average molecular weight is 435 g/mol. The summed E-state index contributed by atoms with van der Waals surface area (Å²) in [7, 11) is -2.71. The first-order valence-electron chi connectivity index (χ1n) is 9.06. The van der Waals surface area contributed by atoms with Gasteiger partial charge in [0.1, 0.15) is 0 Å². The molecule has 2 aromatic rings. The molecule has 0 unspecified atom stereocenters. The predicted octanol–water partition coefficient (Wildman–Crippen LogP) is 3.27. The van der Waals surface area contributed by atoms with E-state index in [0.29, 0.717) is 17.8 Å². The number of methoxy groups -OCH3 is 1. The molecule has 9 heteroatoms. The van der Waals surface area contributed by atoms with Crippen molar-refractivity contribution < 1.29 is 22.7 Å². The Hall–Kier alpha value is -2.52. The number of ether oxygens (including phenoxy) is 1. The number of rotatable bonds is 6. The first-order valence-corrected chi connectivity index (χ1v) is 11.4. The smallest absolute Gasteiger partial charge is 0.307 e. The molecule has 1 N–H and O–H groups in total. The van der Waals surface area contributed by atoms with Gasteiger partial charge in [-0.05, 0) is 30.3 Å². The van der Waals surface area contributed by atoms with E-state index in [4.69, 9.17) is 0 Å². The molecule has 1 amide bonds. The standard InChI is InChI=1S/C20H22N2O5S2/c1-14-12-19(23)21-17-13-16(8-9-18(17)28-14)29(25,26)22(11-10-20(24)27-2)15-6-4-3-5-7-15/h3-9,13-14H,10-12H2,1-2H3,(H,21,23)/t14-/m1/s1. The maximum absolute atomic E-state index is 13.4. The van der Waals surface area contributed by atoms with Crippen molar-refractivity contribution in [3.63, 3.8) is 0 Å². The molecule has 154 valence electrons. The molecule has 29 heavy (non-hydrogen) atoms. The van der Waals surface area contributed by atoms with Crippen LogP contribution in [0.2, 0.25) is 0 Å². The van der Waals surface area contributed by atoms with E-state index >= 15 is 0 Å². The first kappa shape index (κ1) is 21.2. The Morgan fingerprint density at radius 2 is 1.97 bits per heavy atom. The highest BCUT2D eigenvalue weighted by Crippen LogP contribution is 2.37. The van der Waals surface area contributed by atoms with Crippen LogP contribution in [-0.4, -0.2) is 39.2 Å². The fourth-order valence-corrected chi connectivity index (χ4v) is 5.54. The van der Waals surface area contributed by atoms with E-state index in [1.807, 2.05) is 6.92 Å². The maximum Gasteiger partial charge on any atom is 0.307 e. The highest BCUT2D eigenvalue weighted by molar-refractivity contribution is 8.00.